The zero-order valence-corrected chi connectivity index (χ0v) is 12.9. The quantitative estimate of drug-likeness (QED) is 0.853. The van der Waals surface area contributed by atoms with E-state index in [1.165, 1.54) is 11.1 Å². The summed E-state index contributed by atoms with van der Waals surface area (Å²) in [6, 6.07) is 6.11. The van der Waals surface area contributed by atoms with Crippen molar-refractivity contribution < 1.29 is 14.6 Å². The highest BCUT2D eigenvalue weighted by Gasteiger charge is 2.27. The van der Waals surface area contributed by atoms with Gasteiger partial charge in [0.1, 0.15) is 5.75 Å². The molecule has 5 heteroatoms. The zero-order valence-electron chi connectivity index (χ0n) is 12.9. The van der Waals surface area contributed by atoms with Gasteiger partial charge in [-0.2, -0.15) is 0 Å². The smallest absolute Gasteiger partial charge is 0.237 e. The molecule has 0 bridgehead atoms. The molecule has 0 fully saturated rings. The maximum absolute atomic E-state index is 12.3. The molecule has 1 aliphatic rings. The minimum atomic E-state index is -0.440. The molecule has 1 amide bonds. The first-order valence-corrected chi connectivity index (χ1v) is 7.38. The molecule has 0 saturated carbocycles. The van der Waals surface area contributed by atoms with Crippen molar-refractivity contribution in [2.24, 2.45) is 0 Å². The summed E-state index contributed by atoms with van der Waals surface area (Å²) in [6.45, 7) is 5.17. The third-order valence-electron chi connectivity index (χ3n) is 3.93. The number of fused-ring (bicyclic) bond motifs is 1. The first kappa shape index (κ1) is 15.8. The lowest BCUT2D eigenvalue weighted by Gasteiger charge is -2.35. The Labute approximate surface area is 125 Å². The van der Waals surface area contributed by atoms with Crippen LogP contribution in [-0.4, -0.2) is 48.8 Å². The van der Waals surface area contributed by atoms with E-state index in [4.69, 9.17) is 4.74 Å². The van der Waals surface area contributed by atoms with Crippen LogP contribution in [0, 0.1) is 0 Å². The zero-order chi connectivity index (χ0) is 15.4. The Morgan fingerprint density at radius 1 is 1.57 bits per heavy atom. The molecule has 116 valence electrons. The summed E-state index contributed by atoms with van der Waals surface area (Å²) in [4.78, 5) is 14.2. The molecular formula is C16H24N2O3. The molecule has 0 aliphatic carbocycles. The maximum atomic E-state index is 12.3. The molecule has 21 heavy (non-hydrogen) atoms. The molecule has 1 aromatic carbocycles. The molecule has 1 aliphatic heterocycles. The molecule has 1 unspecified atom stereocenters. The number of hydrogen-bond acceptors (Lipinski definition) is 4. The SMILES string of the molecule is COc1ccc2c(c1)CCN(C(=O)CNC[C@@H](C)O)C2C. The summed E-state index contributed by atoms with van der Waals surface area (Å²) < 4.78 is 5.25. The number of benzene rings is 1. The predicted octanol–water partition coefficient (Wildman–Crippen LogP) is 1.11. The second kappa shape index (κ2) is 6.91. The number of rotatable bonds is 5. The fourth-order valence-corrected chi connectivity index (χ4v) is 2.77. The molecule has 0 spiro atoms. The van der Waals surface area contributed by atoms with Crippen molar-refractivity contribution >= 4 is 5.91 Å². The van der Waals surface area contributed by atoms with E-state index >= 15 is 0 Å². The van der Waals surface area contributed by atoms with Gasteiger partial charge in [-0.25, -0.2) is 0 Å². The number of aliphatic hydroxyl groups is 1. The van der Waals surface area contributed by atoms with E-state index in [1.807, 2.05) is 17.0 Å². The van der Waals surface area contributed by atoms with Crippen LogP contribution < -0.4 is 10.1 Å². The summed E-state index contributed by atoms with van der Waals surface area (Å²) in [6.07, 6.45) is 0.406. The van der Waals surface area contributed by atoms with Gasteiger partial charge in [0.2, 0.25) is 5.91 Å². The fraction of sp³-hybridized carbons (Fsp3) is 0.562. The van der Waals surface area contributed by atoms with Gasteiger partial charge >= 0.3 is 0 Å². The topological polar surface area (TPSA) is 61.8 Å². The molecule has 0 aromatic heterocycles. The number of carbonyl (C=O) groups is 1. The molecule has 2 atom stereocenters. The highest BCUT2D eigenvalue weighted by atomic mass is 16.5. The van der Waals surface area contributed by atoms with Crippen LogP contribution in [0.3, 0.4) is 0 Å². The first-order valence-electron chi connectivity index (χ1n) is 7.38. The monoisotopic (exact) mass is 292 g/mol. The minimum Gasteiger partial charge on any atom is -0.497 e. The van der Waals surface area contributed by atoms with Gasteiger partial charge in [-0.15, -0.1) is 0 Å². The number of ether oxygens (including phenoxy) is 1. The van der Waals surface area contributed by atoms with Crippen LogP contribution >= 0.6 is 0 Å². The largest absolute Gasteiger partial charge is 0.497 e. The Kier molecular flexibility index (Phi) is 5.20. The predicted molar refractivity (Wildman–Crippen MR) is 81.4 cm³/mol. The molecule has 0 saturated heterocycles. The normalized spacial score (nSPS) is 19.0. The second-order valence-corrected chi connectivity index (χ2v) is 5.56. The van der Waals surface area contributed by atoms with E-state index < -0.39 is 6.10 Å². The Hall–Kier alpha value is -1.59. The van der Waals surface area contributed by atoms with Gasteiger partial charge in [-0.1, -0.05) is 6.07 Å². The van der Waals surface area contributed by atoms with E-state index in [0.29, 0.717) is 6.54 Å². The summed E-state index contributed by atoms with van der Waals surface area (Å²) >= 11 is 0. The van der Waals surface area contributed by atoms with Crippen LogP contribution in [-0.2, 0) is 11.2 Å². The number of nitrogens with one attached hydrogen (secondary N) is 1. The van der Waals surface area contributed by atoms with Crippen molar-refractivity contribution in [3.05, 3.63) is 29.3 Å². The van der Waals surface area contributed by atoms with Crippen LogP contribution in [0.25, 0.3) is 0 Å². The Bertz CT molecular complexity index is 502. The Morgan fingerprint density at radius 2 is 2.33 bits per heavy atom. The van der Waals surface area contributed by atoms with Crippen molar-refractivity contribution in [1.29, 1.82) is 0 Å². The standard InChI is InChI=1S/C16H24N2O3/c1-11(19)9-17-10-16(20)18-7-6-13-8-14(21-3)4-5-15(13)12(18)2/h4-5,8,11-12,17,19H,6-7,9-10H2,1-3H3/t11-,12?/m1/s1. The minimum absolute atomic E-state index is 0.0699. The molecule has 5 nitrogen and oxygen atoms in total. The molecular weight excluding hydrogens is 268 g/mol. The number of hydrogen-bond donors (Lipinski definition) is 2. The van der Waals surface area contributed by atoms with E-state index in [0.717, 1.165) is 18.7 Å². The third kappa shape index (κ3) is 3.74. The third-order valence-corrected chi connectivity index (χ3v) is 3.93. The van der Waals surface area contributed by atoms with Gasteiger partial charge in [-0.3, -0.25) is 4.79 Å². The lowest BCUT2D eigenvalue weighted by Crippen LogP contribution is -2.44. The van der Waals surface area contributed by atoms with Crippen LogP contribution in [0.2, 0.25) is 0 Å². The Balaban J connectivity index is 2.02. The second-order valence-electron chi connectivity index (χ2n) is 5.56. The van der Waals surface area contributed by atoms with E-state index in [9.17, 15) is 9.90 Å². The van der Waals surface area contributed by atoms with Crippen LogP contribution in [0.15, 0.2) is 18.2 Å². The van der Waals surface area contributed by atoms with Gasteiger partial charge < -0.3 is 20.1 Å². The van der Waals surface area contributed by atoms with Crippen LogP contribution in [0.4, 0.5) is 0 Å². The van der Waals surface area contributed by atoms with Gasteiger partial charge in [0, 0.05) is 13.1 Å². The number of amides is 1. The number of methoxy groups -OCH3 is 1. The fourth-order valence-electron chi connectivity index (χ4n) is 2.77. The summed E-state index contributed by atoms with van der Waals surface area (Å²) in [5.41, 5.74) is 2.44. The molecule has 0 radical (unpaired) electrons. The highest BCUT2D eigenvalue weighted by Crippen LogP contribution is 2.31. The van der Waals surface area contributed by atoms with Crippen molar-refractivity contribution in [2.75, 3.05) is 26.7 Å². The Morgan fingerprint density at radius 3 is 3.00 bits per heavy atom. The van der Waals surface area contributed by atoms with E-state index in [1.54, 1.807) is 14.0 Å². The number of nitrogens with zero attached hydrogens (tertiary/aromatic N) is 1. The molecule has 1 aromatic rings. The molecule has 2 rings (SSSR count). The van der Waals surface area contributed by atoms with Crippen molar-refractivity contribution in [3.8, 4) is 5.75 Å². The number of carbonyl (C=O) groups excluding carboxylic acids is 1. The van der Waals surface area contributed by atoms with Gasteiger partial charge in [0.15, 0.2) is 0 Å². The van der Waals surface area contributed by atoms with Crippen molar-refractivity contribution in [2.45, 2.75) is 32.4 Å². The van der Waals surface area contributed by atoms with E-state index in [2.05, 4.69) is 18.3 Å². The number of aliphatic hydroxyl groups excluding tert-OH is 1. The van der Waals surface area contributed by atoms with Crippen LogP contribution in [0.5, 0.6) is 5.75 Å². The van der Waals surface area contributed by atoms with Crippen molar-refractivity contribution in [1.82, 2.24) is 10.2 Å². The summed E-state index contributed by atoms with van der Waals surface area (Å²) in [5, 5.41) is 12.2. The van der Waals surface area contributed by atoms with Gasteiger partial charge in [0.25, 0.3) is 0 Å². The lowest BCUT2D eigenvalue weighted by molar-refractivity contribution is -0.132. The first-order chi connectivity index (χ1) is 10.0. The molecule has 1 heterocycles. The van der Waals surface area contributed by atoms with Gasteiger partial charge in [0.05, 0.1) is 25.8 Å². The summed E-state index contributed by atoms with van der Waals surface area (Å²) in [5.74, 6) is 0.934. The lowest BCUT2D eigenvalue weighted by atomic mass is 9.93. The average molecular weight is 292 g/mol. The highest BCUT2D eigenvalue weighted by molar-refractivity contribution is 5.79. The summed E-state index contributed by atoms with van der Waals surface area (Å²) in [7, 11) is 1.66. The maximum Gasteiger partial charge on any atom is 0.237 e. The van der Waals surface area contributed by atoms with Crippen molar-refractivity contribution in [3.63, 3.8) is 0 Å². The van der Waals surface area contributed by atoms with Crippen LogP contribution in [0.1, 0.15) is 31.0 Å². The van der Waals surface area contributed by atoms with Gasteiger partial charge in [-0.05, 0) is 43.5 Å². The average Bonchev–Trinajstić information content (AvgIpc) is 2.46. The molecule has 2 N–H and O–H groups in total. The van der Waals surface area contributed by atoms with E-state index in [-0.39, 0.29) is 18.5 Å².